The lowest BCUT2D eigenvalue weighted by Gasteiger charge is -2.02. The van der Waals surface area contributed by atoms with Crippen molar-refractivity contribution in [1.29, 1.82) is 0 Å². The van der Waals surface area contributed by atoms with E-state index in [-0.39, 0.29) is 23.8 Å². The van der Waals surface area contributed by atoms with Crippen LogP contribution in [0.5, 0.6) is 0 Å². The SMILES string of the molecule is C#CCNC(=O)CSc1ccc(C(=O)O)cc1. The van der Waals surface area contributed by atoms with E-state index in [0.29, 0.717) is 0 Å². The number of thioether (sulfide) groups is 1. The highest BCUT2D eigenvalue weighted by Gasteiger charge is 2.04. The number of carbonyl (C=O) groups excluding carboxylic acids is 1. The number of rotatable bonds is 5. The molecule has 0 heterocycles. The highest BCUT2D eigenvalue weighted by molar-refractivity contribution is 8.00. The van der Waals surface area contributed by atoms with E-state index in [1.807, 2.05) is 0 Å². The molecule has 0 aliphatic heterocycles. The van der Waals surface area contributed by atoms with Crippen LogP contribution < -0.4 is 5.32 Å². The molecule has 0 aliphatic rings. The van der Waals surface area contributed by atoms with E-state index in [1.165, 1.54) is 23.9 Å². The minimum atomic E-state index is -0.965. The smallest absolute Gasteiger partial charge is 0.335 e. The van der Waals surface area contributed by atoms with Gasteiger partial charge in [-0.05, 0) is 24.3 Å². The molecule has 0 aliphatic carbocycles. The van der Waals surface area contributed by atoms with Gasteiger partial charge in [0.05, 0.1) is 17.9 Å². The van der Waals surface area contributed by atoms with Crippen molar-refractivity contribution in [3.63, 3.8) is 0 Å². The highest BCUT2D eigenvalue weighted by Crippen LogP contribution is 2.17. The lowest BCUT2D eigenvalue weighted by molar-refractivity contribution is -0.118. The molecule has 2 N–H and O–H groups in total. The average Bonchev–Trinajstić information content (AvgIpc) is 2.34. The number of benzene rings is 1. The van der Waals surface area contributed by atoms with Gasteiger partial charge in [-0.15, -0.1) is 18.2 Å². The van der Waals surface area contributed by atoms with Crippen molar-refractivity contribution >= 4 is 23.6 Å². The van der Waals surface area contributed by atoms with Crippen molar-refractivity contribution in [2.45, 2.75) is 4.90 Å². The summed E-state index contributed by atoms with van der Waals surface area (Å²) in [4.78, 5) is 22.7. The van der Waals surface area contributed by atoms with Crippen molar-refractivity contribution in [3.8, 4) is 12.3 Å². The molecule has 0 saturated heterocycles. The fourth-order valence-corrected chi connectivity index (χ4v) is 1.77. The van der Waals surface area contributed by atoms with Gasteiger partial charge in [0, 0.05) is 4.90 Å². The van der Waals surface area contributed by atoms with Crippen LogP contribution >= 0.6 is 11.8 Å². The van der Waals surface area contributed by atoms with Gasteiger partial charge in [0.15, 0.2) is 0 Å². The quantitative estimate of drug-likeness (QED) is 0.608. The summed E-state index contributed by atoms with van der Waals surface area (Å²) in [6, 6.07) is 6.35. The molecule has 1 aromatic carbocycles. The molecule has 1 rings (SSSR count). The standard InChI is InChI=1S/C12H11NO3S/c1-2-7-13-11(14)8-17-10-5-3-9(4-6-10)12(15)16/h1,3-6H,7-8H2,(H,13,14)(H,15,16). The van der Waals surface area contributed by atoms with Crippen LogP contribution in [-0.4, -0.2) is 29.3 Å². The predicted octanol–water partition coefficient (Wildman–Crippen LogP) is 1.23. The Morgan fingerprint density at radius 2 is 2.00 bits per heavy atom. The maximum atomic E-state index is 11.2. The van der Waals surface area contributed by atoms with Gasteiger partial charge in [-0.2, -0.15) is 0 Å². The molecule has 0 aromatic heterocycles. The van der Waals surface area contributed by atoms with Crippen LogP contribution in [0.2, 0.25) is 0 Å². The number of aromatic carboxylic acids is 1. The molecule has 4 nitrogen and oxygen atoms in total. The van der Waals surface area contributed by atoms with E-state index >= 15 is 0 Å². The predicted molar refractivity (Wildman–Crippen MR) is 66.0 cm³/mol. The summed E-state index contributed by atoms with van der Waals surface area (Å²) < 4.78 is 0. The fraction of sp³-hybridized carbons (Fsp3) is 0.167. The van der Waals surface area contributed by atoms with E-state index in [2.05, 4.69) is 11.2 Å². The second kappa shape index (κ2) is 6.61. The van der Waals surface area contributed by atoms with Crippen LogP contribution in [0.3, 0.4) is 0 Å². The van der Waals surface area contributed by atoms with Crippen molar-refractivity contribution in [2.24, 2.45) is 0 Å². The number of amides is 1. The molecule has 17 heavy (non-hydrogen) atoms. The molecule has 0 atom stereocenters. The van der Waals surface area contributed by atoms with Crippen LogP contribution in [-0.2, 0) is 4.79 Å². The minimum absolute atomic E-state index is 0.143. The van der Waals surface area contributed by atoms with Gasteiger partial charge in [-0.1, -0.05) is 5.92 Å². The molecule has 5 heteroatoms. The van der Waals surface area contributed by atoms with Crippen LogP contribution in [0.4, 0.5) is 0 Å². The number of nitrogens with one attached hydrogen (secondary N) is 1. The van der Waals surface area contributed by atoms with Gasteiger partial charge in [0.2, 0.25) is 5.91 Å². The average molecular weight is 249 g/mol. The van der Waals surface area contributed by atoms with Gasteiger partial charge < -0.3 is 10.4 Å². The first kappa shape index (κ1) is 13.1. The van der Waals surface area contributed by atoms with E-state index in [0.717, 1.165) is 4.90 Å². The maximum absolute atomic E-state index is 11.2. The first-order valence-corrected chi connectivity index (χ1v) is 5.78. The molecule has 1 aromatic rings. The molecule has 1 amide bonds. The van der Waals surface area contributed by atoms with E-state index < -0.39 is 5.97 Å². The van der Waals surface area contributed by atoms with Crippen molar-refractivity contribution in [2.75, 3.05) is 12.3 Å². The van der Waals surface area contributed by atoms with Crippen LogP contribution in [0.15, 0.2) is 29.2 Å². The van der Waals surface area contributed by atoms with Crippen molar-refractivity contribution < 1.29 is 14.7 Å². The van der Waals surface area contributed by atoms with Gasteiger partial charge in [-0.3, -0.25) is 4.79 Å². The summed E-state index contributed by atoms with van der Waals surface area (Å²) in [7, 11) is 0. The molecule has 0 radical (unpaired) electrons. The Bertz CT molecular complexity index is 448. The first-order chi connectivity index (χ1) is 8.13. The minimum Gasteiger partial charge on any atom is -0.478 e. The van der Waals surface area contributed by atoms with Crippen molar-refractivity contribution in [1.82, 2.24) is 5.32 Å². The molecular formula is C12H11NO3S. The molecule has 0 saturated carbocycles. The summed E-state index contributed by atoms with van der Waals surface area (Å²) in [6.07, 6.45) is 5.00. The van der Waals surface area contributed by atoms with Gasteiger partial charge >= 0.3 is 5.97 Å². The van der Waals surface area contributed by atoms with E-state index in [9.17, 15) is 9.59 Å². The number of hydrogen-bond acceptors (Lipinski definition) is 3. The zero-order valence-corrected chi connectivity index (χ0v) is 9.79. The summed E-state index contributed by atoms with van der Waals surface area (Å²) in [5, 5.41) is 11.2. The molecule has 0 fully saturated rings. The maximum Gasteiger partial charge on any atom is 0.335 e. The number of carbonyl (C=O) groups is 2. The zero-order valence-electron chi connectivity index (χ0n) is 8.97. The monoisotopic (exact) mass is 249 g/mol. The number of terminal acetylenes is 1. The van der Waals surface area contributed by atoms with Gasteiger partial charge in [0.25, 0.3) is 0 Å². The fourth-order valence-electron chi connectivity index (χ4n) is 1.04. The normalized spacial score (nSPS) is 9.35. The molecule has 0 bridgehead atoms. The highest BCUT2D eigenvalue weighted by atomic mass is 32.2. The van der Waals surface area contributed by atoms with Crippen molar-refractivity contribution in [3.05, 3.63) is 29.8 Å². The zero-order chi connectivity index (χ0) is 12.7. The van der Waals surface area contributed by atoms with E-state index in [1.54, 1.807) is 12.1 Å². The molecule has 88 valence electrons. The van der Waals surface area contributed by atoms with Crippen LogP contribution in [0.1, 0.15) is 10.4 Å². The second-order valence-corrected chi connectivity index (χ2v) is 4.15. The lowest BCUT2D eigenvalue weighted by atomic mass is 10.2. The summed E-state index contributed by atoms with van der Waals surface area (Å²) in [5.41, 5.74) is 0.228. The van der Waals surface area contributed by atoms with E-state index in [4.69, 9.17) is 11.5 Å². The Hall–Kier alpha value is -1.93. The number of carboxylic acid groups (broad SMARTS) is 1. The van der Waals surface area contributed by atoms with Crippen LogP contribution in [0, 0.1) is 12.3 Å². The van der Waals surface area contributed by atoms with Crippen LogP contribution in [0.25, 0.3) is 0 Å². The largest absolute Gasteiger partial charge is 0.478 e. The number of hydrogen-bond donors (Lipinski definition) is 2. The first-order valence-electron chi connectivity index (χ1n) is 4.80. The summed E-state index contributed by atoms with van der Waals surface area (Å²) >= 11 is 1.33. The Kier molecular flexibility index (Phi) is 5.11. The van der Waals surface area contributed by atoms with Gasteiger partial charge in [0.1, 0.15) is 0 Å². The third-order valence-corrected chi connectivity index (χ3v) is 2.87. The summed E-state index contributed by atoms with van der Waals surface area (Å²) in [5.74, 6) is 1.46. The topological polar surface area (TPSA) is 66.4 Å². The number of carboxylic acids is 1. The molecular weight excluding hydrogens is 238 g/mol. The third-order valence-electron chi connectivity index (χ3n) is 1.86. The summed E-state index contributed by atoms with van der Waals surface area (Å²) in [6.45, 7) is 0.220. The second-order valence-electron chi connectivity index (χ2n) is 3.10. The third kappa shape index (κ3) is 4.62. The Balaban J connectivity index is 2.45. The Morgan fingerprint density at radius 1 is 1.35 bits per heavy atom. The Morgan fingerprint density at radius 3 is 2.53 bits per heavy atom. The van der Waals surface area contributed by atoms with Gasteiger partial charge in [-0.25, -0.2) is 4.79 Å². The molecule has 0 spiro atoms. The Labute approximate surface area is 103 Å². The lowest BCUT2D eigenvalue weighted by Crippen LogP contribution is -2.25. The molecule has 0 unspecified atom stereocenters.